The summed E-state index contributed by atoms with van der Waals surface area (Å²) in [7, 11) is 0. The zero-order valence-corrected chi connectivity index (χ0v) is 8.40. The van der Waals surface area contributed by atoms with Gasteiger partial charge in [0.15, 0.2) is 0 Å². The minimum Gasteiger partial charge on any atom is -0.245 e. The van der Waals surface area contributed by atoms with Crippen LogP contribution in [0.1, 0.15) is 0 Å². The van der Waals surface area contributed by atoms with Gasteiger partial charge in [0.2, 0.25) is 0 Å². The molecule has 0 amide bonds. The Morgan fingerprint density at radius 1 is 1.60 bits per heavy atom. The van der Waals surface area contributed by atoms with E-state index in [4.69, 9.17) is 0 Å². The number of halogens is 1. The normalized spacial score (nSPS) is 2.40. The number of allylic oxidation sites excluding steroid dienone is 1. The molecule has 0 bridgehead atoms. The van der Waals surface area contributed by atoms with Crippen molar-refractivity contribution in [3.8, 4) is 0 Å². The number of hydrogen-bond donors (Lipinski definition) is 0. The van der Waals surface area contributed by atoms with Crippen molar-refractivity contribution in [1.29, 1.82) is 0 Å². The maximum atomic E-state index is 3.25. The van der Waals surface area contributed by atoms with Crippen molar-refractivity contribution in [3.63, 3.8) is 0 Å². The molecule has 0 unspecified atom stereocenters. The van der Waals surface area contributed by atoms with Crippen molar-refractivity contribution >= 4 is 24.0 Å². The molecule has 0 nitrogen and oxygen atoms in total. The maximum absolute atomic E-state index is 3.25. The maximum Gasteiger partial charge on any atom is 0 e. The van der Waals surface area contributed by atoms with Crippen molar-refractivity contribution in [2.45, 2.75) is 0 Å². The van der Waals surface area contributed by atoms with Gasteiger partial charge in [-0.2, -0.15) is 0 Å². The van der Waals surface area contributed by atoms with Crippen LogP contribution < -0.4 is 0 Å². The van der Waals surface area contributed by atoms with Crippen LogP contribution >= 0.6 is 24.0 Å². The van der Waals surface area contributed by atoms with E-state index in [1.165, 1.54) is 6.08 Å². The average Bonchev–Trinajstić information content (AvgIpc) is 0.918. The molecule has 0 heterocycles. The van der Waals surface area contributed by atoms with Crippen LogP contribution in [0, 0.1) is 6.92 Å². The third kappa shape index (κ3) is 47.0. The van der Waals surface area contributed by atoms with Crippen LogP contribution in [-0.2, 0) is 19.5 Å². The van der Waals surface area contributed by atoms with Crippen molar-refractivity contribution in [2.24, 2.45) is 0 Å². The molecule has 0 rings (SSSR count). The molecule has 28 valence electrons. The molecule has 0 aliphatic carbocycles. The Morgan fingerprint density at radius 2 is 1.60 bits per heavy atom. The molecule has 0 aromatic carbocycles. The first-order chi connectivity index (χ1) is 1.41. The summed E-state index contributed by atoms with van der Waals surface area (Å²) < 4.78 is 0. The van der Waals surface area contributed by atoms with Crippen LogP contribution in [0.2, 0.25) is 0 Å². The quantitative estimate of drug-likeness (QED) is 0.339. The van der Waals surface area contributed by atoms with E-state index in [0.717, 1.165) is 0 Å². The van der Waals surface area contributed by atoms with Crippen LogP contribution in [0.4, 0.5) is 0 Å². The second kappa shape index (κ2) is 20.2. The van der Waals surface area contributed by atoms with Gasteiger partial charge in [0.05, 0.1) is 0 Å². The Labute approximate surface area is 62.8 Å². The van der Waals surface area contributed by atoms with Crippen molar-refractivity contribution < 1.29 is 19.5 Å². The second-order valence-corrected chi connectivity index (χ2v) is 0.289. The van der Waals surface area contributed by atoms with Gasteiger partial charge in [-0.1, -0.05) is 0 Å². The molecule has 0 atom stereocenters. The number of rotatable bonds is 0. The third-order valence-corrected chi connectivity index (χ3v) is 0. The van der Waals surface area contributed by atoms with E-state index < -0.39 is 0 Å². The van der Waals surface area contributed by atoms with Crippen molar-refractivity contribution in [3.05, 3.63) is 19.6 Å². The zero-order chi connectivity index (χ0) is 2.71. The van der Waals surface area contributed by atoms with Gasteiger partial charge in [-0.25, -0.2) is 19.6 Å². The molecule has 5 heavy (non-hydrogen) atoms. The van der Waals surface area contributed by atoms with Crippen molar-refractivity contribution in [2.75, 3.05) is 0 Å². The first-order valence-corrected chi connectivity index (χ1v) is 0.816. The summed E-state index contributed by atoms with van der Waals surface area (Å²) in [6.07, 6.45) is 1.50. The van der Waals surface area contributed by atoms with Crippen LogP contribution in [-0.4, -0.2) is 0 Å². The summed E-state index contributed by atoms with van der Waals surface area (Å²) in [5.41, 5.74) is 0. The molecule has 0 aromatic rings. The molecule has 2 heteroatoms. The summed E-state index contributed by atoms with van der Waals surface area (Å²) in [5.74, 6) is 0. The molecular weight excluding hydrogens is 228 g/mol. The van der Waals surface area contributed by atoms with Crippen LogP contribution in [0.3, 0.4) is 0 Å². The van der Waals surface area contributed by atoms with E-state index in [-0.39, 0.29) is 43.5 Å². The Hall–Kier alpha value is 0.963. The van der Waals surface area contributed by atoms with Gasteiger partial charge in [-0.05, 0) is 0 Å². The first kappa shape index (κ1) is 16.7. The van der Waals surface area contributed by atoms with Gasteiger partial charge in [0.25, 0.3) is 0 Å². The zero-order valence-electron chi connectivity index (χ0n) is 3.11. The predicted octanol–water partition coefficient (Wildman–Crippen LogP) is 1.62. The van der Waals surface area contributed by atoms with E-state index in [9.17, 15) is 0 Å². The molecule has 0 N–H and O–H groups in total. The average molecular weight is 234 g/mol. The van der Waals surface area contributed by atoms with Gasteiger partial charge in [0, 0.05) is 19.5 Å². The standard InChI is InChI=1S/C3H5.HI.Zn/c1-3-2;;/h3H,1-2H2;1H;/q-1;;. The van der Waals surface area contributed by atoms with Gasteiger partial charge in [0.1, 0.15) is 0 Å². The van der Waals surface area contributed by atoms with E-state index in [0.29, 0.717) is 0 Å². The Kier molecular flexibility index (Phi) is 67.7. The fourth-order valence-electron chi connectivity index (χ4n) is 0. The summed E-state index contributed by atoms with van der Waals surface area (Å²) in [6.45, 7) is 6.50. The van der Waals surface area contributed by atoms with Gasteiger partial charge in [-0.3, -0.25) is 0 Å². The summed E-state index contributed by atoms with van der Waals surface area (Å²) in [5, 5.41) is 0. The van der Waals surface area contributed by atoms with E-state index in [1.807, 2.05) is 0 Å². The molecule has 0 saturated heterocycles. The van der Waals surface area contributed by atoms with E-state index >= 15 is 0 Å². The predicted molar refractivity (Wildman–Crippen MR) is 31.0 cm³/mol. The molecular formula is C3H6IZn-. The molecule has 0 saturated carbocycles. The Morgan fingerprint density at radius 3 is 1.60 bits per heavy atom. The molecule has 0 aromatic heterocycles. The fraction of sp³-hybridized carbons (Fsp3) is 0. The third-order valence-electron chi connectivity index (χ3n) is 0. The fourth-order valence-corrected chi connectivity index (χ4v) is 0. The van der Waals surface area contributed by atoms with Gasteiger partial charge in [-0.15, -0.1) is 24.0 Å². The van der Waals surface area contributed by atoms with Gasteiger partial charge >= 0.3 is 0 Å². The van der Waals surface area contributed by atoms with Crippen LogP contribution in [0.5, 0.6) is 0 Å². The van der Waals surface area contributed by atoms with Crippen LogP contribution in [0.15, 0.2) is 12.7 Å². The molecule has 0 fully saturated rings. The summed E-state index contributed by atoms with van der Waals surface area (Å²) >= 11 is 0. The topological polar surface area (TPSA) is 0 Å². The molecule has 0 radical (unpaired) electrons. The van der Waals surface area contributed by atoms with Gasteiger partial charge < -0.3 is 0 Å². The minimum atomic E-state index is 0. The molecule has 0 aliphatic heterocycles. The molecule has 0 aliphatic rings. The number of hydrogen-bond acceptors (Lipinski definition) is 0. The first-order valence-electron chi connectivity index (χ1n) is 0.816. The largest absolute Gasteiger partial charge is 0.245 e. The van der Waals surface area contributed by atoms with Crippen LogP contribution in [0.25, 0.3) is 0 Å². The van der Waals surface area contributed by atoms with E-state index in [2.05, 4.69) is 13.5 Å². The minimum absolute atomic E-state index is 0. The monoisotopic (exact) mass is 233 g/mol. The summed E-state index contributed by atoms with van der Waals surface area (Å²) in [4.78, 5) is 0. The summed E-state index contributed by atoms with van der Waals surface area (Å²) in [6, 6.07) is 0. The smallest absolute Gasteiger partial charge is 0 e. The van der Waals surface area contributed by atoms with E-state index in [1.54, 1.807) is 0 Å². The molecule has 0 spiro atoms. The Balaban J connectivity index is -0.0000000200. The second-order valence-electron chi connectivity index (χ2n) is 0.289. The Bertz CT molecular complexity index is 14.4. The SMILES string of the molecule is C=C[CH2-].I.[Zn]. The van der Waals surface area contributed by atoms with Crippen molar-refractivity contribution in [1.82, 2.24) is 0 Å².